The monoisotopic (exact) mass is 453 g/mol. The molecule has 4 rings (SSSR count). The van der Waals surface area contributed by atoms with E-state index in [2.05, 4.69) is 5.32 Å². The molecule has 1 N–H and O–H groups in total. The second kappa shape index (κ2) is 9.76. The van der Waals surface area contributed by atoms with Crippen LogP contribution in [0.3, 0.4) is 0 Å². The summed E-state index contributed by atoms with van der Waals surface area (Å²) in [7, 11) is 0. The summed E-state index contributed by atoms with van der Waals surface area (Å²) in [6.07, 6.45) is 0.509. The maximum Gasteiger partial charge on any atom is 0.269 e. The summed E-state index contributed by atoms with van der Waals surface area (Å²) in [5.41, 5.74) is 4.39. The minimum absolute atomic E-state index is 0.0795. The Balaban J connectivity index is 1.70. The van der Waals surface area contributed by atoms with Crippen molar-refractivity contribution in [1.82, 2.24) is 0 Å². The van der Waals surface area contributed by atoms with E-state index in [0.717, 1.165) is 16.7 Å². The highest BCUT2D eigenvalue weighted by molar-refractivity contribution is 8.05. The molecule has 5 nitrogen and oxygen atoms in total. The molecule has 0 radical (unpaired) electrons. The molecule has 0 bridgehead atoms. The first-order valence-electron chi connectivity index (χ1n) is 10.6. The van der Waals surface area contributed by atoms with Crippen LogP contribution in [0.25, 0.3) is 0 Å². The standard InChI is InChI=1S/C27H23N3O2S/c1-18-8-12-20(13-9-18)16-24-26(32)30(22-6-4-3-5-7-22)27(33-24)23(17-28)25(31)29-21-14-10-19(2)11-15-21/h3-15,24H,16H2,1-2H3,(H,29,31)/b27-23-. The first-order chi connectivity index (χ1) is 16.0. The Labute approximate surface area is 197 Å². The average molecular weight is 454 g/mol. The van der Waals surface area contributed by atoms with Gasteiger partial charge in [-0.05, 0) is 50.1 Å². The Kier molecular flexibility index (Phi) is 6.62. The minimum atomic E-state index is -0.534. The summed E-state index contributed by atoms with van der Waals surface area (Å²) in [5.74, 6) is -0.675. The largest absolute Gasteiger partial charge is 0.321 e. The lowest BCUT2D eigenvalue weighted by atomic mass is 10.1. The first kappa shape index (κ1) is 22.4. The number of hydrogen-bond donors (Lipinski definition) is 1. The van der Waals surface area contributed by atoms with Crippen LogP contribution >= 0.6 is 11.8 Å². The zero-order valence-corrected chi connectivity index (χ0v) is 19.2. The quantitative estimate of drug-likeness (QED) is 0.416. The van der Waals surface area contributed by atoms with E-state index in [1.54, 1.807) is 24.3 Å². The molecular formula is C27H23N3O2S. The summed E-state index contributed by atoms with van der Waals surface area (Å²) in [6.45, 7) is 3.98. The number of para-hydroxylation sites is 1. The van der Waals surface area contributed by atoms with Gasteiger partial charge in [-0.25, -0.2) is 0 Å². The molecule has 1 aliphatic rings. The van der Waals surface area contributed by atoms with Crippen LogP contribution in [-0.4, -0.2) is 17.1 Å². The van der Waals surface area contributed by atoms with Crippen LogP contribution in [-0.2, 0) is 16.0 Å². The smallest absolute Gasteiger partial charge is 0.269 e. The van der Waals surface area contributed by atoms with Crippen LogP contribution < -0.4 is 10.2 Å². The van der Waals surface area contributed by atoms with Crippen molar-refractivity contribution in [3.8, 4) is 6.07 Å². The predicted molar refractivity (Wildman–Crippen MR) is 133 cm³/mol. The molecule has 164 valence electrons. The summed E-state index contributed by atoms with van der Waals surface area (Å²) >= 11 is 1.27. The Bertz CT molecular complexity index is 1240. The number of nitrogens with one attached hydrogen (secondary N) is 1. The van der Waals surface area contributed by atoms with E-state index in [0.29, 0.717) is 22.8 Å². The Hall–Kier alpha value is -3.82. The van der Waals surface area contributed by atoms with Gasteiger partial charge in [-0.1, -0.05) is 77.5 Å². The average Bonchev–Trinajstić information content (AvgIpc) is 3.13. The van der Waals surface area contributed by atoms with Crippen LogP contribution in [0.1, 0.15) is 16.7 Å². The molecule has 6 heteroatoms. The third-order valence-corrected chi connectivity index (χ3v) is 6.63. The Morgan fingerprint density at radius 2 is 1.58 bits per heavy atom. The molecule has 1 atom stereocenters. The second-order valence-electron chi connectivity index (χ2n) is 7.92. The van der Waals surface area contributed by atoms with Crippen LogP contribution in [0.15, 0.2) is 89.5 Å². The zero-order valence-electron chi connectivity index (χ0n) is 18.4. The van der Waals surface area contributed by atoms with Crippen molar-refractivity contribution >= 4 is 35.0 Å². The van der Waals surface area contributed by atoms with Crippen LogP contribution in [0.2, 0.25) is 0 Å². The molecule has 1 saturated heterocycles. The van der Waals surface area contributed by atoms with Crippen molar-refractivity contribution in [3.63, 3.8) is 0 Å². The molecular weight excluding hydrogens is 430 g/mol. The molecule has 0 aromatic heterocycles. The number of carbonyl (C=O) groups excluding carboxylic acids is 2. The normalized spacial score (nSPS) is 16.9. The molecule has 1 aliphatic heterocycles. The van der Waals surface area contributed by atoms with E-state index in [4.69, 9.17) is 0 Å². The molecule has 0 aliphatic carbocycles. The van der Waals surface area contributed by atoms with Gasteiger partial charge in [-0.2, -0.15) is 5.26 Å². The fourth-order valence-corrected chi connectivity index (χ4v) is 4.88. The lowest BCUT2D eigenvalue weighted by molar-refractivity contribution is -0.117. The fraction of sp³-hybridized carbons (Fsp3) is 0.148. The number of hydrogen-bond acceptors (Lipinski definition) is 4. The van der Waals surface area contributed by atoms with Crippen molar-refractivity contribution < 1.29 is 9.59 Å². The van der Waals surface area contributed by atoms with Gasteiger partial charge in [-0.15, -0.1) is 0 Å². The third kappa shape index (κ3) is 5.00. The van der Waals surface area contributed by atoms with E-state index >= 15 is 0 Å². The highest BCUT2D eigenvalue weighted by Gasteiger charge is 2.40. The molecule has 0 spiro atoms. The van der Waals surface area contributed by atoms with Crippen molar-refractivity contribution in [2.24, 2.45) is 0 Å². The number of thioether (sulfide) groups is 1. The van der Waals surface area contributed by atoms with E-state index in [9.17, 15) is 14.9 Å². The highest BCUT2D eigenvalue weighted by atomic mass is 32.2. The predicted octanol–water partition coefficient (Wildman–Crippen LogP) is 5.37. The number of rotatable bonds is 5. The van der Waals surface area contributed by atoms with Gasteiger partial charge in [0.05, 0.1) is 5.25 Å². The molecule has 1 heterocycles. The number of amides is 2. The molecule has 3 aromatic rings. The van der Waals surface area contributed by atoms with Crippen molar-refractivity contribution in [2.45, 2.75) is 25.5 Å². The number of nitrogens with zero attached hydrogens (tertiary/aromatic N) is 2. The summed E-state index contributed by atoms with van der Waals surface area (Å²) in [6, 6.07) is 26.6. The fourth-order valence-electron chi connectivity index (χ4n) is 3.57. The number of anilines is 2. The van der Waals surface area contributed by atoms with Crippen molar-refractivity contribution in [2.75, 3.05) is 10.2 Å². The zero-order chi connectivity index (χ0) is 23.4. The third-order valence-electron chi connectivity index (χ3n) is 5.37. The van der Waals surface area contributed by atoms with Gasteiger partial charge in [0.1, 0.15) is 16.7 Å². The number of carbonyl (C=O) groups is 2. The van der Waals surface area contributed by atoms with E-state index < -0.39 is 11.2 Å². The van der Waals surface area contributed by atoms with Gasteiger partial charge < -0.3 is 5.32 Å². The van der Waals surface area contributed by atoms with Gasteiger partial charge in [0.2, 0.25) is 5.91 Å². The summed E-state index contributed by atoms with van der Waals surface area (Å²) < 4.78 is 0. The van der Waals surface area contributed by atoms with Gasteiger partial charge >= 0.3 is 0 Å². The van der Waals surface area contributed by atoms with Crippen LogP contribution in [0.4, 0.5) is 11.4 Å². The maximum absolute atomic E-state index is 13.5. The Morgan fingerprint density at radius 1 is 0.970 bits per heavy atom. The van der Waals surface area contributed by atoms with Gasteiger partial charge in [0, 0.05) is 11.4 Å². The summed E-state index contributed by atoms with van der Waals surface area (Å²) in [5, 5.41) is 12.6. The van der Waals surface area contributed by atoms with Crippen LogP contribution in [0.5, 0.6) is 0 Å². The van der Waals surface area contributed by atoms with Crippen molar-refractivity contribution in [3.05, 3.63) is 106 Å². The van der Waals surface area contributed by atoms with Crippen LogP contribution in [0, 0.1) is 25.2 Å². The molecule has 2 amide bonds. The van der Waals surface area contributed by atoms with Gasteiger partial charge in [-0.3, -0.25) is 14.5 Å². The first-order valence-corrected chi connectivity index (χ1v) is 11.5. The topological polar surface area (TPSA) is 73.2 Å². The lowest BCUT2D eigenvalue weighted by Gasteiger charge is -2.18. The summed E-state index contributed by atoms with van der Waals surface area (Å²) in [4.78, 5) is 28.0. The van der Waals surface area contributed by atoms with E-state index in [1.807, 2.05) is 74.5 Å². The number of benzene rings is 3. The molecule has 33 heavy (non-hydrogen) atoms. The molecule has 1 unspecified atom stereocenters. The maximum atomic E-state index is 13.5. The second-order valence-corrected chi connectivity index (χ2v) is 9.11. The Morgan fingerprint density at radius 3 is 2.18 bits per heavy atom. The number of nitriles is 1. The molecule has 0 saturated carbocycles. The van der Waals surface area contributed by atoms with E-state index in [-0.39, 0.29) is 11.5 Å². The SMILES string of the molecule is Cc1ccc(CC2S/C(=C(/C#N)C(=O)Nc3ccc(C)cc3)N(c3ccccc3)C2=O)cc1. The van der Waals surface area contributed by atoms with Gasteiger partial charge in [0.25, 0.3) is 5.91 Å². The minimum Gasteiger partial charge on any atom is -0.321 e. The van der Waals surface area contributed by atoms with Gasteiger partial charge in [0.15, 0.2) is 0 Å². The number of aryl methyl sites for hydroxylation is 2. The molecule has 3 aromatic carbocycles. The highest BCUT2D eigenvalue weighted by Crippen LogP contribution is 2.42. The lowest BCUT2D eigenvalue weighted by Crippen LogP contribution is -2.30. The van der Waals surface area contributed by atoms with E-state index in [1.165, 1.54) is 16.7 Å². The molecule has 1 fully saturated rings. The van der Waals surface area contributed by atoms with Crippen molar-refractivity contribution in [1.29, 1.82) is 5.26 Å².